The van der Waals surface area contributed by atoms with Crippen molar-refractivity contribution in [2.24, 2.45) is 0 Å². The van der Waals surface area contributed by atoms with Crippen LogP contribution in [0.1, 0.15) is 33.1 Å². The summed E-state index contributed by atoms with van der Waals surface area (Å²) in [5.41, 5.74) is 0.608. The molecule has 0 saturated carbocycles. The van der Waals surface area contributed by atoms with Gasteiger partial charge in [-0.2, -0.15) is 0 Å². The van der Waals surface area contributed by atoms with Crippen LogP contribution in [0.4, 0.5) is 0 Å². The fourth-order valence-corrected chi connectivity index (χ4v) is 2.83. The maximum Gasteiger partial charge on any atom is 0.251 e. The average molecular weight is 325 g/mol. The van der Waals surface area contributed by atoms with Crippen LogP contribution in [-0.2, 0) is 0 Å². The molecular weight excluding hydrogens is 312 g/mol. The first-order chi connectivity index (χ1) is 8.56. The van der Waals surface area contributed by atoms with Gasteiger partial charge in [-0.05, 0) is 54.0 Å². The largest absolute Gasteiger partial charge is 0.345 e. The lowest BCUT2D eigenvalue weighted by atomic mass is 10.2. The van der Waals surface area contributed by atoms with Crippen LogP contribution in [0.25, 0.3) is 0 Å². The second kappa shape index (κ2) is 5.63. The molecule has 0 aliphatic rings. The molecule has 2 rings (SSSR count). The van der Waals surface area contributed by atoms with Gasteiger partial charge < -0.3 is 5.32 Å². The quantitative estimate of drug-likeness (QED) is 0.874. The molecule has 1 N–H and O–H groups in total. The molecule has 2 heterocycles. The van der Waals surface area contributed by atoms with E-state index in [1.807, 2.05) is 13.0 Å². The molecule has 18 heavy (non-hydrogen) atoms. The van der Waals surface area contributed by atoms with Crippen molar-refractivity contribution in [1.82, 2.24) is 10.3 Å². The molecule has 1 amide bonds. The number of halogens is 1. The molecule has 0 aliphatic carbocycles. The standard InChI is InChI=1S/C13H13BrN2OS/c1-8-3-4-11(18-8)9(2)16-13(17)10-5-6-15-12(14)7-10/h3-7,9H,1-2H3,(H,16,17). The zero-order valence-corrected chi connectivity index (χ0v) is 12.5. The predicted molar refractivity (Wildman–Crippen MR) is 76.9 cm³/mol. The van der Waals surface area contributed by atoms with Gasteiger partial charge in [0.25, 0.3) is 5.91 Å². The van der Waals surface area contributed by atoms with Crippen LogP contribution < -0.4 is 5.32 Å². The number of carbonyl (C=O) groups is 1. The minimum Gasteiger partial charge on any atom is -0.345 e. The topological polar surface area (TPSA) is 42.0 Å². The van der Waals surface area contributed by atoms with Gasteiger partial charge in [-0.1, -0.05) is 0 Å². The Morgan fingerprint density at radius 3 is 2.83 bits per heavy atom. The number of hydrogen-bond donors (Lipinski definition) is 1. The second-order valence-corrected chi connectivity index (χ2v) is 6.14. The molecule has 2 aromatic heterocycles. The zero-order valence-electron chi connectivity index (χ0n) is 10.1. The van der Waals surface area contributed by atoms with E-state index < -0.39 is 0 Å². The maximum absolute atomic E-state index is 12.0. The van der Waals surface area contributed by atoms with E-state index in [2.05, 4.69) is 39.2 Å². The van der Waals surface area contributed by atoms with Gasteiger partial charge in [0.05, 0.1) is 6.04 Å². The van der Waals surface area contributed by atoms with E-state index in [0.29, 0.717) is 10.2 Å². The number of nitrogens with zero attached hydrogens (tertiary/aromatic N) is 1. The first kappa shape index (κ1) is 13.2. The van der Waals surface area contributed by atoms with Crippen LogP contribution in [0.2, 0.25) is 0 Å². The number of thiophene rings is 1. The van der Waals surface area contributed by atoms with Gasteiger partial charge in [-0.15, -0.1) is 11.3 Å². The minimum absolute atomic E-state index is 0.0168. The fraction of sp³-hybridized carbons (Fsp3) is 0.231. The van der Waals surface area contributed by atoms with Crippen LogP contribution in [0.15, 0.2) is 35.1 Å². The van der Waals surface area contributed by atoms with Gasteiger partial charge in [0.2, 0.25) is 0 Å². The molecule has 2 aromatic rings. The summed E-state index contributed by atoms with van der Waals surface area (Å²) in [6.45, 7) is 4.04. The van der Waals surface area contributed by atoms with E-state index in [1.54, 1.807) is 29.7 Å². The molecule has 94 valence electrons. The van der Waals surface area contributed by atoms with Crippen molar-refractivity contribution in [2.45, 2.75) is 19.9 Å². The zero-order chi connectivity index (χ0) is 13.1. The molecule has 0 spiro atoms. The van der Waals surface area contributed by atoms with E-state index >= 15 is 0 Å². The van der Waals surface area contributed by atoms with Gasteiger partial charge in [0.15, 0.2) is 0 Å². The van der Waals surface area contributed by atoms with E-state index in [1.165, 1.54) is 4.88 Å². The summed E-state index contributed by atoms with van der Waals surface area (Å²) in [6, 6.07) is 7.54. The molecule has 0 aromatic carbocycles. The third-order valence-electron chi connectivity index (χ3n) is 2.52. The summed E-state index contributed by atoms with van der Waals surface area (Å²) in [7, 11) is 0. The van der Waals surface area contributed by atoms with Gasteiger partial charge in [-0.25, -0.2) is 4.98 Å². The summed E-state index contributed by atoms with van der Waals surface area (Å²) in [5.74, 6) is -0.0864. The Labute approximate surface area is 118 Å². The van der Waals surface area contributed by atoms with Crippen molar-refractivity contribution >= 4 is 33.2 Å². The van der Waals surface area contributed by atoms with Crippen molar-refractivity contribution in [1.29, 1.82) is 0 Å². The Bertz CT molecular complexity index is 568. The molecule has 0 radical (unpaired) electrons. The molecule has 5 heteroatoms. The summed E-state index contributed by atoms with van der Waals surface area (Å²) >= 11 is 4.96. The molecule has 0 bridgehead atoms. The van der Waals surface area contributed by atoms with Gasteiger partial charge >= 0.3 is 0 Å². The number of hydrogen-bond acceptors (Lipinski definition) is 3. The van der Waals surface area contributed by atoms with Crippen LogP contribution in [0.5, 0.6) is 0 Å². The van der Waals surface area contributed by atoms with E-state index in [-0.39, 0.29) is 11.9 Å². The highest BCUT2D eigenvalue weighted by Gasteiger charge is 2.13. The Kier molecular flexibility index (Phi) is 4.14. The van der Waals surface area contributed by atoms with Crippen molar-refractivity contribution < 1.29 is 4.79 Å². The van der Waals surface area contributed by atoms with Gasteiger partial charge in [0, 0.05) is 21.5 Å². The van der Waals surface area contributed by atoms with Crippen molar-refractivity contribution in [3.8, 4) is 0 Å². The molecule has 1 atom stereocenters. The van der Waals surface area contributed by atoms with Gasteiger partial charge in [0.1, 0.15) is 4.60 Å². The maximum atomic E-state index is 12.0. The smallest absolute Gasteiger partial charge is 0.251 e. The average Bonchev–Trinajstić information content (AvgIpc) is 2.76. The second-order valence-electron chi connectivity index (χ2n) is 4.01. The Hall–Kier alpha value is -1.20. The Morgan fingerprint density at radius 2 is 2.22 bits per heavy atom. The summed E-state index contributed by atoms with van der Waals surface area (Å²) < 4.78 is 0.662. The lowest BCUT2D eigenvalue weighted by Crippen LogP contribution is -2.26. The number of aryl methyl sites for hydroxylation is 1. The number of amides is 1. The van der Waals surface area contributed by atoms with E-state index in [9.17, 15) is 4.79 Å². The molecule has 3 nitrogen and oxygen atoms in total. The van der Waals surface area contributed by atoms with Gasteiger partial charge in [-0.3, -0.25) is 4.79 Å². The lowest BCUT2D eigenvalue weighted by Gasteiger charge is -2.12. The molecule has 0 aliphatic heterocycles. The van der Waals surface area contributed by atoms with Crippen LogP contribution in [-0.4, -0.2) is 10.9 Å². The fourth-order valence-electron chi connectivity index (χ4n) is 1.58. The summed E-state index contributed by atoms with van der Waals surface area (Å²) in [4.78, 5) is 18.4. The first-order valence-corrected chi connectivity index (χ1v) is 7.16. The third-order valence-corrected chi connectivity index (χ3v) is 4.14. The molecule has 0 fully saturated rings. The van der Waals surface area contributed by atoms with Crippen LogP contribution in [0, 0.1) is 6.92 Å². The Morgan fingerprint density at radius 1 is 1.44 bits per heavy atom. The number of rotatable bonds is 3. The lowest BCUT2D eigenvalue weighted by molar-refractivity contribution is 0.0940. The van der Waals surface area contributed by atoms with Crippen LogP contribution >= 0.6 is 27.3 Å². The third kappa shape index (κ3) is 3.17. The Balaban J connectivity index is 2.08. The monoisotopic (exact) mass is 324 g/mol. The normalized spacial score (nSPS) is 12.2. The van der Waals surface area contributed by atoms with Crippen molar-refractivity contribution in [2.75, 3.05) is 0 Å². The highest BCUT2D eigenvalue weighted by atomic mass is 79.9. The first-order valence-electron chi connectivity index (χ1n) is 5.55. The number of carbonyl (C=O) groups excluding carboxylic acids is 1. The van der Waals surface area contributed by atoms with E-state index in [0.717, 1.165) is 4.88 Å². The molecule has 0 saturated heterocycles. The highest BCUT2D eigenvalue weighted by Crippen LogP contribution is 2.22. The molecular formula is C13H13BrN2OS. The number of pyridine rings is 1. The van der Waals surface area contributed by atoms with E-state index in [4.69, 9.17) is 0 Å². The van der Waals surface area contributed by atoms with Crippen LogP contribution in [0.3, 0.4) is 0 Å². The SMILES string of the molecule is Cc1ccc(C(C)NC(=O)c2ccnc(Br)c2)s1. The predicted octanol–water partition coefficient (Wildman–Crippen LogP) is 3.71. The van der Waals surface area contributed by atoms with Crippen molar-refractivity contribution in [3.05, 3.63) is 50.4 Å². The summed E-state index contributed by atoms with van der Waals surface area (Å²) in [6.07, 6.45) is 1.61. The minimum atomic E-state index is -0.0864. The number of nitrogens with one attached hydrogen (secondary N) is 1. The summed E-state index contributed by atoms with van der Waals surface area (Å²) in [5, 5.41) is 2.98. The van der Waals surface area contributed by atoms with Crippen molar-refractivity contribution in [3.63, 3.8) is 0 Å². The number of aromatic nitrogens is 1. The highest BCUT2D eigenvalue weighted by molar-refractivity contribution is 9.10. The molecule has 1 unspecified atom stereocenters.